The SMILES string of the molecule is CCC1=CSCN1. The maximum atomic E-state index is 3.23. The third-order valence-corrected chi connectivity index (χ3v) is 1.75. The van der Waals surface area contributed by atoms with Crippen molar-refractivity contribution >= 4 is 11.8 Å². The van der Waals surface area contributed by atoms with Crippen LogP contribution in [0.25, 0.3) is 0 Å². The number of nitrogens with one attached hydrogen (secondary N) is 1. The molecule has 0 aliphatic carbocycles. The van der Waals surface area contributed by atoms with E-state index in [9.17, 15) is 0 Å². The zero-order chi connectivity index (χ0) is 5.11. The van der Waals surface area contributed by atoms with Gasteiger partial charge in [-0.1, -0.05) is 6.92 Å². The molecule has 0 amide bonds. The minimum Gasteiger partial charge on any atom is -0.379 e. The number of hydrogen-bond donors (Lipinski definition) is 1. The summed E-state index contributed by atoms with van der Waals surface area (Å²) in [6.07, 6.45) is 1.15. The van der Waals surface area contributed by atoms with Crippen molar-refractivity contribution in [2.45, 2.75) is 13.3 Å². The van der Waals surface area contributed by atoms with E-state index in [-0.39, 0.29) is 0 Å². The largest absolute Gasteiger partial charge is 0.379 e. The number of hydrogen-bond acceptors (Lipinski definition) is 2. The standard InChI is InChI=1S/C5H9NS/c1-2-5-3-7-4-6-5/h3,6H,2,4H2,1H3. The molecule has 1 rings (SSSR count). The second-order valence-electron chi connectivity index (χ2n) is 1.48. The van der Waals surface area contributed by atoms with E-state index in [0.717, 1.165) is 12.3 Å². The molecule has 1 nitrogen and oxygen atoms in total. The van der Waals surface area contributed by atoms with Crippen LogP contribution in [-0.2, 0) is 0 Å². The van der Waals surface area contributed by atoms with E-state index in [0.29, 0.717) is 0 Å². The van der Waals surface area contributed by atoms with Crippen molar-refractivity contribution in [1.82, 2.24) is 5.32 Å². The van der Waals surface area contributed by atoms with Gasteiger partial charge in [-0.3, -0.25) is 0 Å². The third kappa shape index (κ3) is 1.13. The molecule has 0 fully saturated rings. The van der Waals surface area contributed by atoms with Gasteiger partial charge in [-0.05, 0) is 11.8 Å². The Bertz CT molecular complexity index is 88.1. The third-order valence-electron chi connectivity index (χ3n) is 0.989. The van der Waals surface area contributed by atoms with Gasteiger partial charge in [0.05, 0.1) is 5.88 Å². The van der Waals surface area contributed by atoms with Crippen molar-refractivity contribution in [3.05, 3.63) is 11.1 Å². The summed E-state index contributed by atoms with van der Waals surface area (Å²) in [6, 6.07) is 0. The first-order valence-corrected chi connectivity index (χ1v) is 3.53. The van der Waals surface area contributed by atoms with Gasteiger partial charge in [-0.2, -0.15) is 0 Å². The summed E-state index contributed by atoms with van der Waals surface area (Å²) in [4.78, 5) is 0. The van der Waals surface area contributed by atoms with Gasteiger partial charge in [-0.15, -0.1) is 11.8 Å². The summed E-state index contributed by atoms with van der Waals surface area (Å²) in [5.41, 5.74) is 1.38. The van der Waals surface area contributed by atoms with Crippen molar-refractivity contribution in [3.63, 3.8) is 0 Å². The Balaban J connectivity index is 2.36. The van der Waals surface area contributed by atoms with Crippen LogP contribution in [0.2, 0.25) is 0 Å². The van der Waals surface area contributed by atoms with E-state index in [1.165, 1.54) is 5.70 Å². The zero-order valence-corrected chi connectivity index (χ0v) is 5.22. The molecule has 40 valence electrons. The molecule has 0 aromatic rings. The van der Waals surface area contributed by atoms with Crippen LogP contribution in [0.1, 0.15) is 13.3 Å². The van der Waals surface area contributed by atoms with Gasteiger partial charge < -0.3 is 5.32 Å². The van der Waals surface area contributed by atoms with Gasteiger partial charge >= 0.3 is 0 Å². The molecule has 0 saturated heterocycles. The van der Waals surface area contributed by atoms with Gasteiger partial charge in [0, 0.05) is 5.70 Å². The summed E-state index contributed by atoms with van der Waals surface area (Å²) in [5.74, 6) is 1.07. The Morgan fingerprint density at radius 3 is 3.14 bits per heavy atom. The van der Waals surface area contributed by atoms with Gasteiger partial charge in [0.15, 0.2) is 0 Å². The average Bonchev–Trinajstić information content (AvgIpc) is 2.14. The second kappa shape index (κ2) is 2.26. The Hall–Kier alpha value is -0.110. The molecule has 1 N–H and O–H groups in total. The molecule has 1 aliphatic heterocycles. The predicted molar refractivity (Wildman–Crippen MR) is 34.0 cm³/mol. The molecule has 0 radical (unpaired) electrons. The Morgan fingerprint density at radius 2 is 2.86 bits per heavy atom. The van der Waals surface area contributed by atoms with E-state index < -0.39 is 0 Å². The average molecular weight is 115 g/mol. The fourth-order valence-electron chi connectivity index (χ4n) is 0.527. The normalized spacial score (nSPS) is 18.7. The van der Waals surface area contributed by atoms with Crippen LogP contribution in [0, 0.1) is 0 Å². The first kappa shape index (κ1) is 5.04. The number of thioether (sulfide) groups is 1. The maximum absolute atomic E-state index is 3.23. The van der Waals surface area contributed by atoms with E-state index in [4.69, 9.17) is 0 Å². The zero-order valence-electron chi connectivity index (χ0n) is 4.40. The Kier molecular flexibility index (Phi) is 1.63. The van der Waals surface area contributed by atoms with Crippen LogP contribution < -0.4 is 5.32 Å². The monoisotopic (exact) mass is 115 g/mol. The van der Waals surface area contributed by atoms with E-state index in [1.807, 2.05) is 11.8 Å². The lowest BCUT2D eigenvalue weighted by atomic mass is 10.4. The van der Waals surface area contributed by atoms with Crippen LogP contribution in [0.4, 0.5) is 0 Å². The highest BCUT2D eigenvalue weighted by molar-refractivity contribution is 8.02. The first-order chi connectivity index (χ1) is 3.43. The highest BCUT2D eigenvalue weighted by Crippen LogP contribution is 2.13. The molecule has 1 aliphatic rings. The maximum Gasteiger partial charge on any atom is 0.0649 e. The van der Waals surface area contributed by atoms with Crippen molar-refractivity contribution in [1.29, 1.82) is 0 Å². The highest BCUT2D eigenvalue weighted by Gasteiger charge is 1.97. The molecule has 2 heteroatoms. The fraction of sp³-hybridized carbons (Fsp3) is 0.600. The van der Waals surface area contributed by atoms with Gasteiger partial charge in [0.25, 0.3) is 0 Å². The number of allylic oxidation sites excluding steroid dienone is 1. The molecular formula is C5H9NS. The topological polar surface area (TPSA) is 12.0 Å². The summed E-state index contributed by atoms with van der Waals surface area (Å²) in [7, 11) is 0. The van der Waals surface area contributed by atoms with Crippen LogP contribution in [0.3, 0.4) is 0 Å². The van der Waals surface area contributed by atoms with Crippen molar-refractivity contribution in [3.8, 4) is 0 Å². The minimum absolute atomic E-state index is 1.07. The number of rotatable bonds is 1. The summed E-state index contributed by atoms with van der Waals surface area (Å²) < 4.78 is 0. The molecule has 0 spiro atoms. The summed E-state index contributed by atoms with van der Waals surface area (Å²) in [5, 5.41) is 5.41. The molecule has 0 bridgehead atoms. The van der Waals surface area contributed by atoms with E-state index in [1.54, 1.807) is 0 Å². The molecule has 0 aromatic heterocycles. The molecule has 0 atom stereocenters. The van der Waals surface area contributed by atoms with Gasteiger partial charge in [0.1, 0.15) is 0 Å². The van der Waals surface area contributed by atoms with Crippen LogP contribution in [-0.4, -0.2) is 5.88 Å². The fourth-order valence-corrected chi connectivity index (χ4v) is 1.33. The van der Waals surface area contributed by atoms with Crippen molar-refractivity contribution in [2.24, 2.45) is 0 Å². The van der Waals surface area contributed by atoms with E-state index >= 15 is 0 Å². The molecule has 0 saturated carbocycles. The Labute approximate surface area is 48.2 Å². The van der Waals surface area contributed by atoms with Crippen LogP contribution in [0.5, 0.6) is 0 Å². The minimum atomic E-state index is 1.07. The van der Waals surface area contributed by atoms with E-state index in [2.05, 4.69) is 17.6 Å². The highest BCUT2D eigenvalue weighted by atomic mass is 32.2. The lowest BCUT2D eigenvalue weighted by molar-refractivity contribution is 0.900. The second-order valence-corrected chi connectivity index (χ2v) is 2.34. The quantitative estimate of drug-likeness (QED) is 0.556. The summed E-state index contributed by atoms with van der Waals surface area (Å²) >= 11 is 1.83. The van der Waals surface area contributed by atoms with Crippen molar-refractivity contribution in [2.75, 3.05) is 5.88 Å². The van der Waals surface area contributed by atoms with Crippen molar-refractivity contribution < 1.29 is 0 Å². The van der Waals surface area contributed by atoms with Gasteiger partial charge in [-0.25, -0.2) is 0 Å². The molecule has 0 aromatic carbocycles. The van der Waals surface area contributed by atoms with Crippen LogP contribution in [0.15, 0.2) is 11.1 Å². The molecule has 0 unspecified atom stereocenters. The molecule has 1 heterocycles. The lowest BCUT2D eigenvalue weighted by Gasteiger charge is -1.93. The summed E-state index contributed by atoms with van der Waals surface area (Å²) in [6.45, 7) is 2.16. The Morgan fingerprint density at radius 1 is 2.00 bits per heavy atom. The van der Waals surface area contributed by atoms with Crippen LogP contribution >= 0.6 is 11.8 Å². The predicted octanol–water partition coefficient (Wildman–Crippen LogP) is 1.53. The molecular weight excluding hydrogens is 106 g/mol. The molecule has 7 heavy (non-hydrogen) atoms. The first-order valence-electron chi connectivity index (χ1n) is 2.48. The van der Waals surface area contributed by atoms with Gasteiger partial charge in [0.2, 0.25) is 0 Å². The smallest absolute Gasteiger partial charge is 0.0649 e. The lowest BCUT2D eigenvalue weighted by Crippen LogP contribution is -2.04.